The summed E-state index contributed by atoms with van der Waals surface area (Å²) in [6.45, 7) is 9.08. The van der Waals surface area contributed by atoms with Crippen LogP contribution in [0.2, 0.25) is 0 Å². The minimum atomic E-state index is 0.706. The van der Waals surface area contributed by atoms with Crippen molar-refractivity contribution in [1.82, 2.24) is 0 Å². The molecule has 1 saturated carbocycles. The molecule has 0 amide bonds. The van der Waals surface area contributed by atoms with Crippen molar-refractivity contribution in [1.29, 1.82) is 0 Å². The molecule has 0 N–H and O–H groups in total. The van der Waals surface area contributed by atoms with Crippen LogP contribution in [0.5, 0.6) is 0 Å². The van der Waals surface area contributed by atoms with Gasteiger partial charge in [-0.1, -0.05) is 36.4 Å². The Labute approximate surface area is 123 Å². The third kappa shape index (κ3) is 4.35. The van der Waals surface area contributed by atoms with E-state index in [0.29, 0.717) is 6.61 Å². The molecule has 0 bridgehead atoms. The van der Waals surface area contributed by atoms with Crippen molar-refractivity contribution >= 4 is 0 Å². The summed E-state index contributed by atoms with van der Waals surface area (Å²) in [7, 11) is 0. The van der Waals surface area contributed by atoms with Gasteiger partial charge in [0.25, 0.3) is 0 Å². The van der Waals surface area contributed by atoms with Gasteiger partial charge < -0.3 is 4.74 Å². The van der Waals surface area contributed by atoms with Crippen LogP contribution in [0.25, 0.3) is 0 Å². The molecule has 0 atom stereocenters. The Morgan fingerprint density at radius 1 is 1.05 bits per heavy atom. The lowest BCUT2D eigenvalue weighted by Gasteiger charge is -2.27. The summed E-state index contributed by atoms with van der Waals surface area (Å²) >= 11 is 0. The molecule has 0 radical (unpaired) electrons. The zero-order valence-corrected chi connectivity index (χ0v) is 12.4. The highest BCUT2D eigenvalue weighted by molar-refractivity contribution is 5.25. The van der Waals surface area contributed by atoms with Crippen molar-refractivity contribution in [2.75, 3.05) is 6.61 Å². The summed E-state index contributed by atoms with van der Waals surface area (Å²) < 4.78 is 5.59. The van der Waals surface area contributed by atoms with Gasteiger partial charge in [-0.3, -0.25) is 0 Å². The summed E-state index contributed by atoms with van der Waals surface area (Å²) in [6.07, 6.45) is 10.1. The molecule has 2 rings (SSSR count). The van der Waals surface area contributed by atoms with Crippen LogP contribution in [0, 0.1) is 5.92 Å². The predicted molar refractivity (Wildman–Crippen MR) is 85.8 cm³/mol. The fraction of sp³-hybridized carbons (Fsp3) is 0.474. The van der Waals surface area contributed by atoms with Crippen LogP contribution in [0.1, 0.15) is 49.1 Å². The van der Waals surface area contributed by atoms with Gasteiger partial charge in [-0.15, -0.1) is 13.2 Å². The van der Waals surface area contributed by atoms with Gasteiger partial charge in [0.1, 0.15) is 0 Å². The SMILES string of the molecule is C=CCCOCc1ccc(C2CCC(C=C)CC2)cc1. The van der Waals surface area contributed by atoms with Crippen LogP contribution < -0.4 is 0 Å². The first-order valence-electron chi connectivity index (χ1n) is 7.73. The summed E-state index contributed by atoms with van der Waals surface area (Å²) in [5.74, 6) is 1.48. The first-order chi connectivity index (χ1) is 9.83. The smallest absolute Gasteiger partial charge is 0.0717 e. The maximum absolute atomic E-state index is 5.59. The van der Waals surface area contributed by atoms with Crippen LogP contribution in [-0.2, 0) is 11.3 Å². The second-order valence-corrected chi connectivity index (χ2v) is 5.72. The van der Waals surface area contributed by atoms with Crippen molar-refractivity contribution in [3.63, 3.8) is 0 Å². The Morgan fingerprint density at radius 3 is 2.35 bits per heavy atom. The summed E-state index contributed by atoms with van der Waals surface area (Å²) in [5, 5.41) is 0. The van der Waals surface area contributed by atoms with Gasteiger partial charge in [-0.2, -0.15) is 0 Å². The highest BCUT2D eigenvalue weighted by atomic mass is 16.5. The van der Waals surface area contributed by atoms with Crippen molar-refractivity contribution in [3.8, 4) is 0 Å². The fourth-order valence-electron chi connectivity index (χ4n) is 2.93. The Balaban J connectivity index is 1.82. The quantitative estimate of drug-likeness (QED) is 0.486. The first-order valence-corrected chi connectivity index (χ1v) is 7.73. The van der Waals surface area contributed by atoms with E-state index in [1.165, 1.54) is 36.8 Å². The lowest BCUT2D eigenvalue weighted by atomic mass is 9.79. The number of ether oxygens (including phenoxy) is 1. The largest absolute Gasteiger partial charge is 0.376 e. The van der Waals surface area contributed by atoms with Crippen molar-refractivity contribution in [2.24, 2.45) is 5.92 Å². The van der Waals surface area contributed by atoms with Crippen molar-refractivity contribution in [3.05, 3.63) is 60.7 Å². The normalized spacial score (nSPS) is 22.4. The van der Waals surface area contributed by atoms with Crippen LogP contribution >= 0.6 is 0 Å². The van der Waals surface area contributed by atoms with E-state index in [1.54, 1.807) is 0 Å². The van der Waals surface area contributed by atoms with E-state index >= 15 is 0 Å². The van der Waals surface area contributed by atoms with E-state index in [1.807, 2.05) is 6.08 Å². The second-order valence-electron chi connectivity index (χ2n) is 5.72. The summed E-state index contributed by atoms with van der Waals surface area (Å²) in [6, 6.07) is 8.99. The van der Waals surface area contributed by atoms with Gasteiger partial charge in [-0.25, -0.2) is 0 Å². The van der Waals surface area contributed by atoms with Gasteiger partial charge in [-0.05, 0) is 55.1 Å². The third-order valence-electron chi connectivity index (χ3n) is 4.29. The fourth-order valence-corrected chi connectivity index (χ4v) is 2.93. The minimum absolute atomic E-state index is 0.706. The van der Waals surface area contributed by atoms with Crippen LogP contribution in [-0.4, -0.2) is 6.61 Å². The monoisotopic (exact) mass is 270 g/mol. The van der Waals surface area contributed by atoms with Gasteiger partial charge in [0, 0.05) is 0 Å². The summed E-state index contributed by atoms with van der Waals surface area (Å²) in [5.41, 5.74) is 2.75. The molecule has 0 aromatic heterocycles. The molecule has 1 aliphatic carbocycles. The van der Waals surface area contributed by atoms with Crippen molar-refractivity contribution in [2.45, 2.75) is 44.6 Å². The zero-order chi connectivity index (χ0) is 14.2. The molecule has 1 heteroatoms. The van der Waals surface area contributed by atoms with Crippen LogP contribution in [0.15, 0.2) is 49.6 Å². The highest BCUT2D eigenvalue weighted by Crippen LogP contribution is 2.36. The Hall–Kier alpha value is -1.34. The Kier molecular flexibility index (Phi) is 6.07. The average molecular weight is 270 g/mol. The number of allylic oxidation sites excluding steroid dienone is 1. The standard InChI is InChI=1S/C19H26O/c1-3-5-14-20-15-17-8-12-19(13-9-17)18-10-6-16(4-2)7-11-18/h3-4,8-9,12-13,16,18H,1-2,5-7,10-11,14-15H2. The molecule has 1 nitrogen and oxygen atoms in total. The molecule has 1 aliphatic rings. The van der Waals surface area contributed by atoms with Crippen LogP contribution in [0.4, 0.5) is 0 Å². The maximum Gasteiger partial charge on any atom is 0.0717 e. The molecule has 1 fully saturated rings. The van der Waals surface area contributed by atoms with Gasteiger partial charge in [0.15, 0.2) is 0 Å². The number of rotatable bonds is 7. The lowest BCUT2D eigenvalue weighted by Crippen LogP contribution is -2.11. The Morgan fingerprint density at radius 2 is 1.75 bits per heavy atom. The topological polar surface area (TPSA) is 9.23 Å². The molecule has 0 spiro atoms. The second kappa shape index (κ2) is 8.06. The molecule has 1 aromatic carbocycles. The number of hydrogen-bond donors (Lipinski definition) is 0. The molecule has 0 unspecified atom stereocenters. The van der Waals surface area contributed by atoms with Gasteiger partial charge in [0.2, 0.25) is 0 Å². The lowest BCUT2D eigenvalue weighted by molar-refractivity contribution is 0.125. The predicted octanol–water partition coefficient (Wildman–Crippen LogP) is 5.24. The highest BCUT2D eigenvalue weighted by Gasteiger charge is 2.20. The molecule has 0 heterocycles. The van der Waals surface area contributed by atoms with E-state index in [0.717, 1.165) is 24.9 Å². The molecule has 0 aliphatic heterocycles. The first kappa shape index (κ1) is 15.1. The Bertz CT molecular complexity index is 410. The van der Waals surface area contributed by atoms with Crippen LogP contribution in [0.3, 0.4) is 0 Å². The van der Waals surface area contributed by atoms with Crippen molar-refractivity contribution < 1.29 is 4.74 Å². The van der Waals surface area contributed by atoms with E-state index in [4.69, 9.17) is 4.74 Å². The molecular formula is C19H26O. The molecule has 20 heavy (non-hydrogen) atoms. The minimum Gasteiger partial charge on any atom is -0.376 e. The molecular weight excluding hydrogens is 244 g/mol. The average Bonchev–Trinajstić information content (AvgIpc) is 2.52. The third-order valence-corrected chi connectivity index (χ3v) is 4.29. The zero-order valence-electron chi connectivity index (χ0n) is 12.4. The molecule has 0 saturated heterocycles. The molecule has 108 valence electrons. The van der Waals surface area contributed by atoms with Gasteiger partial charge >= 0.3 is 0 Å². The van der Waals surface area contributed by atoms with E-state index in [2.05, 4.69) is 43.5 Å². The van der Waals surface area contributed by atoms with Gasteiger partial charge in [0.05, 0.1) is 13.2 Å². The summed E-state index contributed by atoms with van der Waals surface area (Å²) in [4.78, 5) is 0. The molecule has 1 aromatic rings. The van der Waals surface area contributed by atoms with E-state index in [-0.39, 0.29) is 0 Å². The maximum atomic E-state index is 5.59. The van der Waals surface area contributed by atoms with E-state index < -0.39 is 0 Å². The number of benzene rings is 1. The number of hydrogen-bond acceptors (Lipinski definition) is 1. The van der Waals surface area contributed by atoms with E-state index in [9.17, 15) is 0 Å².